The second-order valence-electron chi connectivity index (χ2n) is 6.00. The van der Waals surface area contributed by atoms with Gasteiger partial charge in [0.2, 0.25) is 0 Å². The Morgan fingerprint density at radius 3 is 2.67 bits per heavy atom. The van der Waals surface area contributed by atoms with Crippen LogP contribution in [-0.2, 0) is 6.61 Å². The van der Waals surface area contributed by atoms with Gasteiger partial charge in [0.1, 0.15) is 18.2 Å². The highest BCUT2D eigenvalue weighted by Gasteiger charge is 2.21. The van der Waals surface area contributed by atoms with Gasteiger partial charge in [-0.25, -0.2) is 4.39 Å². The largest absolute Gasteiger partial charge is 0.493 e. The number of nitrogens with one attached hydrogen (secondary N) is 1. The molecule has 0 unspecified atom stereocenters. The summed E-state index contributed by atoms with van der Waals surface area (Å²) in [4.78, 5) is 27.2. The van der Waals surface area contributed by atoms with Crippen LogP contribution in [0.15, 0.2) is 47.3 Å². The molecule has 0 aliphatic heterocycles. The van der Waals surface area contributed by atoms with Gasteiger partial charge in [0.05, 0.1) is 12.0 Å². The molecule has 1 heterocycles. The first-order chi connectivity index (χ1) is 14.4. The number of halogens is 1. The number of aromatic hydroxyl groups is 1. The van der Waals surface area contributed by atoms with Crippen LogP contribution >= 0.6 is 0 Å². The molecule has 0 spiro atoms. The Morgan fingerprint density at radius 1 is 1.23 bits per heavy atom. The van der Waals surface area contributed by atoms with Crippen LogP contribution in [0.2, 0.25) is 0 Å². The Hall–Kier alpha value is -4.21. The molecule has 1 aromatic heterocycles. The van der Waals surface area contributed by atoms with Crippen molar-refractivity contribution in [3.8, 4) is 17.4 Å². The molecule has 9 nitrogen and oxygen atoms in total. The van der Waals surface area contributed by atoms with Crippen molar-refractivity contribution < 1.29 is 23.9 Å². The molecule has 0 saturated carbocycles. The maximum Gasteiger partial charge on any atom is 0.395 e. The van der Waals surface area contributed by atoms with Crippen molar-refractivity contribution in [1.29, 1.82) is 0 Å². The minimum absolute atomic E-state index is 0.0193. The number of aromatic nitrogens is 2. The summed E-state index contributed by atoms with van der Waals surface area (Å²) < 4.78 is 24.6. The van der Waals surface area contributed by atoms with E-state index in [1.165, 1.54) is 19.3 Å². The molecular formula is C20H16FN3O6. The van der Waals surface area contributed by atoms with E-state index in [-0.39, 0.29) is 18.2 Å². The number of nitro groups is 1. The van der Waals surface area contributed by atoms with Crippen LogP contribution in [0.3, 0.4) is 0 Å². The fourth-order valence-electron chi connectivity index (χ4n) is 2.57. The van der Waals surface area contributed by atoms with Crippen molar-refractivity contribution in [3.63, 3.8) is 0 Å². The van der Waals surface area contributed by atoms with E-state index in [2.05, 4.69) is 9.97 Å². The average Bonchev–Trinajstić information content (AvgIpc) is 2.71. The summed E-state index contributed by atoms with van der Waals surface area (Å²) in [6.07, 6.45) is 2.91. The molecule has 2 N–H and O–H groups in total. The van der Waals surface area contributed by atoms with E-state index in [4.69, 9.17) is 9.47 Å². The topological polar surface area (TPSA) is 128 Å². The van der Waals surface area contributed by atoms with Crippen molar-refractivity contribution in [1.82, 2.24) is 9.97 Å². The van der Waals surface area contributed by atoms with Crippen molar-refractivity contribution in [2.75, 3.05) is 7.11 Å². The van der Waals surface area contributed by atoms with Gasteiger partial charge in [-0.15, -0.1) is 0 Å². The van der Waals surface area contributed by atoms with Crippen molar-refractivity contribution in [2.45, 2.75) is 6.61 Å². The first-order valence-electron chi connectivity index (χ1n) is 8.59. The lowest BCUT2D eigenvalue weighted by Gasteiger charge is -2.12. The molecule has 154 valence electrons. The maximum absolute atomic E-state index is 13.7. The van der Waals surface area contributed by atoms with Gasteiger partial charge in [-0.2, -0.15) is 4.98 Å². The number of hydrogen-bond acceptors (Lipinski definition) is 7. The van der Waals surface area contributed by atoms with E-state index in [1.54, 1.807) is 42.5 Å². The monoisotopic (exact) mass is 413 g/mol. The van der Waals surface area contributed by atoms with Gasteiger partial charge in [0, 0.05) is 5.56 Å². The standard InChI is InChI=1S/C20H16FN3O6/c1-29-16-10-12(6-8-15(16)30-11-13-4-2-3-5-14(13)21)7-9-17-22-19(25)18(24(27)28)20(26)23-17/h2-10H,11H2,1H3,(H2,22,23,25,26)/b9-7-. The quantitative estimate of drug-likeness (QED) is 0.449. The molecule has 30 heavy (non-hydrogen) atoms. The lowest BCUT2D eigenvalue weighted by molar-refractivity contribution is -0.387. The van der Waals surface area contributed by atoms with Crippen LogP contribution in [0, 0.1) is 15.9 Å². The zero-order valence-corrected chi connectivity index (χ0v) is 15.7. The van der Waals surface area contributed by atoms with E-state index in [9.17, 15) is 24.4 Å². The molecule has 0 atom stereocenters. The Balaban J connectivity index is 1.79. The third-order valence-electron chi connectivity index (χ3n) is 4.04. The number of methoxy groups -OCH3 is 1. The molecule has 0 saturated heterocycles. The summed E-state index contributed by atoms with van der Waals surface area (Å²) in [5, 5.41) is 20.3. The van der Waals surface area contributed by atoms with Crippen LogP contribution in [-0.4, -0.2) is 27.1 Å². The van der Waals surface area contributed by atoms with Crippen molar-refractivity contribution >= 4 is 17.8 Å². The second kappa shape index (κ2) is 8.86. The van der Waals surface area contributed by atoms with E-state index in [0.717, 1.165) is 0 Å². The molecule has 2 aromatic carbocycles. The number of H-pyrrole nitrogens is 1. The molecule has 0 fully saturated rings. The minimum Gasteiger partial charge on any atom is -0.493 e. The van der Waals surface area contributed by atoms with Crippen LogP contribution < -0.4 is 15.0 Å². The third-order valence-corrected chi connectivity index (χ3v) is 4.04. The van der Waals surface area contributed by atoms with Gasteiger partial charge in [-0.1, -0.05) is 30.3 Å². The first-order valence-corrected chi connectivity index (χ1v) is 8.59. The van der Waals surface area contributed by atoms with E-state index < -0.39 is 22.0 Å². The first kappa shape index (κ1) is 20.5. The van der Waals surface area contributed by atoms with E-state index in [0.29, 0.717) is 22.6 Å². The van der Waals surface area contributed by atoms with Crippen molar-refractivity contribution in [3.05, 3.63) is 85.7 Å². The predicted molar refractivity (Wildman–Crippen MR) is 106 cm³/mol. The van der Waals surface area contributed by atoms with Gasteiger partial charge < -0.3 is 19.6 Å². The van der Waals surface area contributed by atoms with Crippen LogP contribution in [0.25, 0.3) is 12.2 Å². The molecule has 3 aromatic rings. The Labute approximate surface area is 169 Å². The average molecular weight is 413 g/mol. The lowest BCUT2D eigenvalue weighted by atomic mass is 10.2. The highest BCUT2D eigenvalue weighted by molar-refractivity contribution is 5.68. The summed E-state index contributed by atoms with van der Waals surface area (Å²) in [6, 6.07) is 11.2. The summed E-state index contributed by atoms with van der Waals surface area (Å²) >= 11 is 0. The van der Waals surface area contributed by atoms with Gasteiger partial charge in [-0.3, -0.25) is 14.9 Å². The number of ether oxygens (including phenoxy) is 2. The van der Waals surface area contributed by atoms with Gasteiger partial charge >= 0.3 is 11.2 Å². The fourth-order valence-corrected chi connectivity index (χ4v) is 2.57. The Kier molecular flexibility index (Phi) is 6.06. The van der Waals surface area contributed by atoms with Crippen molar-refractivity contribution in [2.24, 2.45) is 0 Å². The molecular weight excluding hydrogens is 397 g/mol. The minimum atomic E-state index is -1.07. The van der Waals surface area contributed by atoms with Gasteiger partial charge in [0.15, 0.2) is 11.5 Å². The second-order valence-corrected chi connectivity index (χ2v) is 6.00. The van der Waals surface area contributed by atoms with Gasteiger partial charge in [0.25, 0.3) is 5.88 Å². The normalized spacial score (nSPS) is 10.9. The molecule has 0 aliphatic carbocycles. The molecule has 3 rings (SSSR count). The van der Waals surface area contributed by atoms with E-state index in [1.807, 2.05) is 0 Å². The number of benzene rings is 2. The highest BCUT2D eigenvalue weighted by Crippen LogP contribution is 2.30. The molecule has 0 radical (unpaired) electrons. The summed E-state index contributed by atoms with van der Waals surface area (Å²) in [5.74, 6) is -0.623. The van der Waals surface area contributed by atoms with E-state index >= 15 is 0 Å². The van der Waals surface area contributed by atoms with Crippen LogP contribution in [0.1, 0.15) is 17.0 Å². The Morgan fingerprint density at radius 2 is 2.00 bits per heavy atom. The van der Waals surface area contributed by atoms with Crippen LogP contribution in [0.4, 0.5) is 10.1 Å². The number of aromatic amines is 1. The molecule has 10 heteroatoms. The van der Waals surface area contributed by atoms with Gasteiger partial charge in [-0.05, 0) is 29.8 Å². The number of rotatable bonds is 7. The predicted octanol–water partition coefficient (Wildman–Crippen LogP) is 3.28. The fraction of sp³-hybridized carbons (Fsp3) is 0.100. The Bertz CT molecular complexity index is 1180. The summed E-state index contributed by atoms with van der Waals surface area (Å²) in [5.41, 5.74) is -1.06. The number of hydrogen-bond donors (Lipinski definition) is 2. The summed E-state index contributed by atoms with van der Waals surface area (Å²) in [7, 11) is 1.45. The van der Waals surface area contributed by atoms with Crippen LogP contribution in [0.5, 0.6) is 17.4 Å². The highest BCUT2D eigenvalue weighted by atomic mass is 19.1. The number of nitrogens with zero attached hydrogens (tertiary/aromatic N) is 2. The molecule has 0 bridgehead atoms. The zero-order valence-electron chi connectivity index (χ0n) is 15.7. The summed E-state index contributed by atoms with van der Waals surface area (Å²) in [6.45, 7) is 0.0193. The maximum atomic E-state index is 13.7. The molecule has 0 amide bonds. The molecule has 0 aliphatic rings. The lowest BCUT2D eigenvalue weighted by Crippen LogP contribution is -2.14. The third kappa shape index (κ3) is 4.61. The zero-order chi connectivity index (χ0) is 21.7. The SMILES string of the molecule is COc1cc(/C=C\c2nc(O)c([N+](=O)[O-])c(=O)[nH]2)ccc1OCc1ccccc1F. The smallest absolute Gasteiger partial charge is 0.395 e.